The average Bonchev–Trinajstić information content (AvgIpc) is 2.67. The van der Waals surface area contributed by atoms with E-state index in [0.717, 1.165) is 12.0 Å². The highest BCUT2D eigenvalue weighted by Crippen LogP contribution is 2.30. The Morgan fingerprint density at radius 2 is 1.86 bits per heavy atom. The molecule has 21 heavy (non-hydrogen) atoms. The lowest BCUT2D eigenvalue weighted by atomic mass is 9.93. The summed E-state index contributed by atoms with van der Waals surface area (Å²) in [5.41, 5.74) is 1.86. The summed E-state index contributed by atoms with van der Waals surface area (Å²) < 4.78 is 23.2. The quantitative estimate of drug-likeness (QED) is 0.905. The first-order chi connectivity index (χ1) is 9.51. The SMILES string of the molecule is Cc1cc(C)c(S(N)(=O)=O)cc1C(=O)N1CCC(C)(C)C1. The first-order valence-electron chi connectivity index (χ1n) is 6.95. The van der Waals surface area contributed by atoms with Gasteiger partial charge >= 0.3 is 0 Å². The van der Waals surface area contributed by atoms with E-state index in [1.54, 1.807) is 17.9 Å². The smallest absolute Gasteiger partial charge is 0.254 e. The maximum absolute atomic E-state index is 12.6. The molecule has 1 aliphatic rings. The van der Waals surface area contributed by atoms with Crippen LogP contribution in [0.15, 0.2) is 17.0 Å². The molecule has 1 fully saturated rings. The molecular formula is C15H22N2O3S. The van der Waals surface area contributed by atoms with Crippen LogP contribution in [0.4, 0.5) is 0 Å². The molecule has 1 amide bonds. The Morgan fingerprint density at radius 3 is 2.33 bits per heavy atom. The number of aryl methyl sites for hydroxylation is 2. The lowest BCUT2D eigenvalue weighted by Gasteiger charge is -2.21. The fraction of sp³-hybridized carbons (Fsp3) is 0.533. The molecule has 1 saturated heterocycles. The van der Waals surface area contributed by atoms with Crippen LogP contribution in [0.1, 0.15) is 41.8 Å². The Hall–Kier alpha value is -1.40. The molecule has 116 valence electrons. The maximum atomic E-state index is 12.6. The van der Waals surface area contributed by atoms with Crippen molar-refractivity contribution in [2.24, 2.45) is 10.6 Å². The Morgan fingerprint density at radius 1 is 1.24 bits per heavy atom. The number of hydrogen-bond donors (Lipinski definition) is 1. The van der Waals surface area contributed by atoms with Gasteiger partial charge < -0.3 is 4.90 Å². The second-order valence-corrected chi connectivity index (χ2v) is 8.15. The summed E-state index contributed by atoms with van der Waals surface area (Å²) in [6.45, 7) is 9.12. The number of nitrogens with two attached hydrogens (primary N) is 1. The molecule has 5 nitrogen and oxygen atoms in total. The number of carbonyl (C=O) groups is 1. The van der Waals surface area contributed by atoms with Gasteiger partial charge in [0.15, 0.2) is 0 Å². The zero-order valence-corrected chi connectivity index (χ0v) is 13.8. The first-order valence-corrected chi connectivity index (χ1v) is 8.49. The van der Waals surface area contributed by atoms with Crippen LogP contribution < -0.4 is 5.14 Å². The average molecular weight is 310 g/mol. The molecule has 0 spiro atoms. The summed E-state index contributed by atoms with van der Waals surface area (Å²) in [6, 6.07) is 3.11. The Bertz CT molecular complexity index is 693. The minimum absolute atomic E-state index is 0.0231. The Labute approximate surface area is 126 Å². The van der Waals surface area contributed by atoms with Gasteiger partial charge in [0, 0.05) is 18.7 Å². The first kappa shape index (κ1) is 16.0. The van der Waals surface area contributed by atoms with Gasteiger partial charge in [0.05, 0.1) is 4.90 Å². The van der Waals surface area contributed by atoms with Crippen LogP contribution in [0.2, 0.25) is 0 Å². The molecule has 0 radical (unpaired) electrons. The third-order valence-corrected chi connectivity index (χ3v) is 5.08. The lowest BCUT2D eigenvalue weighted by molar-refractivity contribution is 0.0777. The van der Waals surface area contributed by atoms with Crippen molar-refractivity contribution in [3.63, 3.8) is 0 Å². The summed E-state index contributed by atoms with van der Waals surface area (Å²) >= 11 is 0. The second-order valence-electron chi connectivity index (χ2n) is 6.62. The largest absolute Gasteiger partial charge is 0.338 e. The molecule has 2 rings (SSSR count). The van der Waals surface area contributed by atoms with E-state index in [1.807, 2.05) is 6.92 Å². The van der Waals surface area contributed by atoms with Crippen LogP contribution in [0.5, 0.6) is 0 Å². The van der Waals surface area contributed by atoms with Crippen molar-refractivity contribution in [2.75, 3.05) is 13.1 Å². The number of likely N-dealkylation sites (tertiary alicyclic amines) is 1. The third kappa shape index (κ3) is 3.27. The molecule has 6 heteroatoms. The van der Waals surface area contributed by atoms with Crippen LogP contribution >= 0.6 is 0 Å². The number of benzene rings is 1. The Kier molecular flexibility index (Phi) is 3.88. The summed E-state index contributed by atoms with van der Waals surface area (Å²) in [5.74, 6) is -0.122. The minimum Gasteiger partial charge on any atom is -0.338 e. The number of rotatable bonds is 2. The highest BCUT2D eigenvalue weighted by atomic mass is 32.2. The van der Waals surface area contributed by atoms with Gasteiger partial charge in [-0.25, -0.2) is 13.6 Å². The summed E-state index contributed by atoms with van der Waals surface area (Å²) in [7, 11) is -3.82. The number of nitrogens with zero attached hydrogens (tertiary/aromatic N) is 1. The lowest BCUT2D eigenvalue weighted by Crippen LogP contribution is -2.31. The topological polar surface area (TPSA) is 80.5 Å². The summed E-state index contributed by atoms with van der Waals surface area (Å²) in [5, 5.41) is 5.22. The zero-order chi connectivity index (χ0) is 16.0. The molecule has 1 heterocycles. The summed E-state index contributed by atoms with van der Waals surface area (Å²) in [4.78, 5) is 14.4. The van der Waals surface area contributed by atoms with E-state index in [0.29, 0.717) is 24.2 Å². The zero-order valence-electron chi connectivity index (χ0n) is 12.9. The number of carbonyl (C=O) groups excluding carboxylic acids is 1. The molecule has 0 unspecified atom stereocenters. The van der Waals surface area contributed by atoms with Crippen molar-refractivity contribution in [2.45, 2.75) is 39.0 Å². The molecule has 0 bridgehead atoms. The highest BCUT2D eigenvalue weighted by Gasteiger charge is 2.33. The monoisotopic (exact) mass is 310 g/mol. The molecule has 2 N–H and O–H groups in total. The van der Waals surface area contributed by atoms with Crippen molar-refractivity contribution < 1.29 is 13.2 Å². The van der Waals surface area contributed by atoms with Crippen molar-refractivity contribution in [3.05, 3.63) is 28.8 Å². The van der Waals surface area contributed by atoms with Gasteiger partial charge in [0.25, 0.3) is 5.91 Å². The highest BCUT2D eigenvalue weighted by molar-refractivity contribution is 7.89. The number of amides is 1. The van der Waals surface area contributed by atoms with Crippen LogP contribution in [0, 0.1) is 19.3 Å². The molecule has 1 aromatic rings. The minimum atomic E-state index is -3.82. The molecule has 0 atom stereocenters. The predicted molar refractivity (Wildman–Crippen MR) is 81.6 cm³/mol. The van der Waals surface area contributed by atoms with Crippen molar-refractivity contribution in [1.82, 2.24) is 4.90 Å². The Balaban J connectivity index is 2.43. The van der Waals surface area contributed by atoms with E-state index < -0.39 is 10.0 Å². The number of hydrogen-bond acceptors (Lipinski definition) is 3. The number of primary sulfonamides is 1. The van der Waals surface area contributed by atoms with E-state index in [1.165, 1.54) is 6.07 Å². The van der Waals surface area contributed by atoms with Crippen LogP contribution in [0.3, 0.4) is 0 Å². The second kappa shape index (κ2) is 5.10. The van der Waals surface area contributed by atoms with Gasteiger partial charge in [0.1, 0.15) is 0 Å². The third-order valence-electron chi connectivity index (χ3n) is 4.02. The predicted octanol–water partition coefficient (Wildman–Crippen LogP) is 1.82. The molecule has 1 aromatic carbocycles. The van der Waals surface area contributed by atoms with Gasteiger partial charge in [-0.3, -0.25) is 4.79 Å². The van der Waals surface area contributed by atoms with E-state index in [4.69, 9.17) is 5.14 Å². The molecule has 0 aliphatic carbocycles. The normalized spacial score (nSPS) is 18.0. The van der Waals surface area contributed by atoms with Gasteiger partial charge in [-0.2, -0.15) is 0 Å². The van der Waals surface area contributed by atoms with Crippen LogP contribution in [-0.4, -0.2) is 32.3 Å². The summed E-state index contributed by atoms with van der Waals surface area (Å²) in [6.07, 6.45) is 0.950. The van der Waals surface area contributed by atoms with Gasteiger partial charge in [0.2, 0.25) is 10.0 Å². The van der Waals surface area contributed by atoms with E-state index in [9.17, 15) is 13.2 Å². The van der Waals surface area contributed by atoms with Crippen molar-refractivity contribution in [3.8, 4) is 0 Å². The van der Waals surface area contributed by atoms with E-state index >= 15 is 0 Å². The molecule has 0 aromatic heterocycles. The van der Waals surface area contributed by atoms with E-state index in [-0.39, 0.29) is 16.2 Å². The molecule has 0 saturated carbocycles. The van der Waals surface area contributed by atoms with E-state index in [2.05, 4.69) is 13.8 Å². The standard InChI is InChI=1S/C15H22N2O3S/c1-10-7-11(2)13(21(16,19)20)8-12(10)14(18)17-6-5-15(3,4)9-17/h7-8H,5-6,9H2,1-4H3,(H2,16,19,20). The fourth-order valence-corrected chi connectivity index (χ4v) is 3.62. The fourth-order valence-electron chi connectivity index (χ4n) is 2.83. The van der Waals surface area contributed by atoms with Crippen LogP contribution in [-0.2, 0) is 10.0 Å². The maximum Gasteiger partial charge on any atom is 0.254 e. The van der Waals surface area contributed by atoms with Crippen LogP contribution in [0.25, 0.3) is 0 Å². The van der Waals surface area contributed by atoms with Crippen molar-refractivity contribution in [1.29, 1.82) is 0 Å². The van der Waals surface area contributed by atoms with Gasteiger partial charge in [-0.15, -0.1) is 0 Å². The van der Waals surface area contributed by atoms with Gasteiger partial charge in [-0.1, -0.05) is 19.9 Å². The molecular weight excluding hydrogens is 288 g/mol. The number of sulfonamides is 1. The van der Waals surface area contributed by atoms with Crippen molar-refractivity contribution >= 4 is 15.9 Å². The molecule has 1 aliphatic heterocycles. The van der Waals surface area contributed by atoms with Gasteiger partial charge in [-0.05, 0) is 42.9 Å².